The van der Waals surface area contributed by atoms with Crippen molar-refractivity contribution in [3.63, 3.8) is 0 Å². The van der Waals surface area contributed by atoms with E-state index in [1.807, 2.05) is 0 Å². The maximum absolute atomic E-state index is 9.70. The zero-order valence-electron chi connectivity index (χ0n) is 11.5. The van der Waals surface area contributed by atoms with Crippen molar-refractivity contribution in [1.82, 2.24) is 0 Å². The van der Waals surface area contributed by atoms with Gasteiger partial charge in [0.05, 0.1) is 51.8 Å². The summed E-state index contributed by atoms with van der Waals surface area (Å²) in [5.74, 6) is 0. The van der Waals surface area contributed by atoms with Gasteiger partial charge in [-0.1, -0.05) is 0 Å². The molecule has 0 amide bonds. The summed E-state index contributed by atoms with van der Waals surface area (Å²) in [5, 5.41) is 28.3. The first-order valence-corrected chi connectivity index (χ1v) is 6.78. The van der Waals surface area contributed by atoms with Crippen molar-refractivity contribution >= 4 is 0 Å². The third kappa shape index (κ3) is 6.42. The topological polar surface area (TPSA) is 124 Å². The fourth-order valence-corrected chi connectivity index (χ4v) is 1.80. The zero-order chi connectivity index (χ0) is 14.8. The van der Waals surface area contributed by atoms with Crippen molar-refractivity contribution in [3.05, 3.63) is 0 Å². The molecule has 120 valence electrons. The molecule has 0 bridgehead atoms. The minimum Gasteiger partial charge on any atom is -0.394 e. The molecule has 8 nitrogen and oxygen atoms in total. The molecular weight excluding hydrogens is 270 g/mol. The Balaban J connectivity index is 2.07. The van der Waals surface area contributed by atoms with Crippen molar-refractivity contribution in [2.45, 2.75) is 31.0 Å². The molecule has 1 fully saturated rings. The quantitative estimate of drug-likeness (QED) is 0.336. The average Bonchev–Trinajstić information content (AvgIpc) is 2.45. The van der Waals surface area contributed by atoms with E-state index in [2.05, 4.69) is 0 Å². The molecule has 1 heterocycles. The first-order valence-electron chi connectivity index (χ1n) is 6.78. The van der Waals surface area contributed by atoms with Crippen LogP contribution in [0.3, 0.4) is 0 Å². The van der Waals surface area contributed by atoms with Gasteiger partial charge in [-0.25, -0.2) is 0 Å². The molecular formula is C12H25NO7. The van der Waals surface area contributed by atoms with E-state index in [-0.39, 0.29) is 19.6 Å². The molecule has 0 aliphatic carbocycles. The van der Waals surface area contributed by atoms with Crippen LogP contribution in [0.15, 0.2) is 0 Å². The van der Waals surface area contributed by atoms with Crippen LogP contribution in [0.4, 0.5) is 0 Å². The van der Waals surface area contributed by atoms with E-state index in [0.29, 0.717) is 33.0 Å². The lowest BCUT2D eigenvalue weighted by Gasteiger charge is -2.36. The minimum atomic E-state index is -1.12. The number of aliphatic hydroxyl groups excluding tert-OH is 3. The highest BCUT2D eigenvalue weighted by Gasteiger charge is 2.36. The Morgan fingerprint density at radius 2 is 1.70 bits per heavy atom. The second kappa shape index (κ2) is 10.4. The van der Waals surface area contributed by atoms with Crippen LogP contribution in [0, 0.1) is 0 Å². The average molecular weight is 295 g/mol. The summed E-state index contributed by atoms with van der Waals surface area (Å²) < 4.78 is 21.0. The predicted octanol–water partition coefficient (Wildman–Crippen LogP) is -2.18. The van der Waals surface area contributed by atoms with Gasteiger partial charge in [0.2, 0.25) is 0 Å². The van der Waals surface area contributed by atoms with Crippen molar-refractivity contribution in [2.75, 3.05) is 46.2 Å². The first-order chi connectivity index (χ1) is 9.69. The van der Waals surface area contributed by atoms with Gasteiger partial charge in [-0.2, -0.15) is 0 Å². The second-order valence-electron chi connectivity index (χ2n) is 4.49. The molecule has 0 radical (unpaired) electrons. The SMILES string of the molecule is NCCOCCOCCOC1OC(CO)CC(O)C1O. The third-order valence-electron chi connectivity index (χ3n) is 2.85. The van der Waals surface area contributed by atoms with Gasteiger partial charge in [-0.3, -0.25) is 0 Å². The van der Waals surface area contributed by atoms with Gasteiger partial charge in [0, 0.05) is 13.0 Å². The van der Waals surface area contributed by atoms with E-state index in [1.54, 1.807) is 0 Å². The number of rotatable bonds is 10. The van der Waals surface area contributed by atoms with Gasteiger partial charge < -0.3 is 40.0 Å². The molecule has 0 aromatic rings. The van der Waals surface area contributed by atoms with Crippen LogP contribution in [0.25, 0.3) is 0 Å². The molecule has 0 saturated carbocycles. The van der Waals surface area contributed by atoms with E-state index >= 15 is 0 Å². The number of aliphatic hydroxyl groups is 3. The number of nitrogens with two attached hydrogens (primary N) is 1. The number of hydrogen-bond acceptors (Lipinski definition) is 8. The molecule has 0 aromatic heterocycles. The molecule has 5 N–H and O–H groups in total. The lowest BCUT2D eigenvalue weighted by Crippen LogP contribution is -2.50. The number of ether oxygens (including phenoxy) is 4. The summed E-state index contributed by atoms with van der Waals surface area (Å²) in [5.41, 5.74) is 5.26. The van der Waals surface area contributed by atoms with E-state index in [9.17, 15) is 10.2 Å². The summed E-state index contributed by atoms with van der Waals surface area (Å²) in [7, 11) is 0. The van der Waals surface area contributed by atoms with E-state index in [0.717, 1.165) is 0 Å². The first kappa shape index (κ1) is 17.7. The Kier molecular flexibility index (Phi) is 9.23. The highest BCUT2D eigenvalue weighted by Crippen LogP contribution is 2.20. The molecule has 0 spiro atoms. The largest absolute Gasteiger partial charge is 0.394 e. The molecule has 1 aliphatic heterocycles. The summed E-state index contributed by atoms with van der Waals surface area (Å²) in [4.78, 5) is 0. The van der Waals surface area contributed by atoms with Gasteiger partial charge in [0.1, 0.15) is 6.10 Å². The molecule has 4 unspecified atom stereocenters. The maximum Gasteiger partial charge on any atom is 0.186 e. The lowest BCUT2D eigenvalue weighted by molar-refractivity contribution is -0.273. The van der Waals surface area contributed by atoms with Gasteiger partial charge in [-0.15, -0.1) is 0 Å². The van der Waals surface area contributed by atoms with Crippen LogP contribution in [0.5, 0.6) is 0 Å². The van der Waals surface area contributed by atoms with E-state index < -0.39 is 24.6 Å². The number of hydrogen-bond donors (Lipinski definition) is 4. The van der Waals surface area contributed by atoms with E-state index in [4.69, 9.17) is 29.8 Å². The van der Waals surface area contributed by atoms with E-state index in [1.165, 1.54) is 0 Å². The molecule has 1 rings (SSSR count). The van der Waals surface area contributed by atoms with Crippen molar-refractivity contribution in [2.24, 2.45) is 5.73 Å². The molecule has 1 aliphatic rings. The Bertz CT molecular complexity index is 244. The molecule has 8 heteroatoms. The van der Waals surface area contributed by atoms with Crippen LogP contribution < -0.4 is 5.73 Å². The Hall–Kier alpha value is -0.320. The molecule has 4 atom stereocenters. The van der Waals surface area contributed by atoms with Gasteiger partial charge in [-0.05, 0) is 0 Å². The molecule has 20 heavy (non-hydrogen) atoms. The van der Waals surface area contributed by atoms with Crippen molar-refractivity contribution < 1.29 is 34.3 Å². The smallest absolute Gasteiger partial charge is 0.186 e. The molecule has 1 saturated heterocycles. The van der Waals surface area contributed by atoms with Crippen LogP contribution in [-0.2, 0) is 18.9 Å². The Labute approximate surface area is 118 Å². The van der Waals surface area contributed by atoms with Gasteiger partial charge in [0.25, 0.3) is 0 Å². The van der Waals surface area contributed by atoms with Gasteiger partial charge in [0.15, 0.2) is 6.29 Å². The van der Waals surface area contributed by atoms with Crippen LogP contribution in [-0.4, -0.2) is 86.1 Å². The highest BCUT2D eigenvalue weighted by atomic mass is 16.7. The molecule has 0 aromatic carbocycles. The normalized spacial score (nSPS) is 30.6. The van der Waals surface area contributed by atoms with Crippen LogP contribution >= 0.6 is 0 Å². The zero-order valence-corrected chi connectivity index (χ0v) is 11.5. The maximum atomic E-state index is 9.70. The van der Waals surface area contributed by atoms with Crippen LogP contribution in [0.1, 0.15) is 6.42 Å². The summed E-state index contributed by atoms with van der Waals surface area (Å²) >= 11 is 0. The Morgan fingerprint density at radius 3 is 2.35 bits per heavy atom. The fraction of sp³-hybridized carbons (Fsp3) is 1.00. The summed E-state index contributed by atoms with van der Waals surface area (Å²) in [6.45, 7) is 2.18. The van der Waals surface area contributed by atoms with Crippen LogP contribution in [0.2, 0.25) is 0 Å². The standard InChI is InChI=1S/C12H25NO7/c13-1-2-17-3-4-18-5-6-19-12-11(16)10(15)7-9(8-14)20-12/h9-12,14-16H,1-8,13H2. The predicted molar refractivity (Wildman–Crippen MR) is 69.0 cm³/mol. The van der Waals surface area contributed by atoms with Crippen molar-refractivity contribution in [3.8, 4) is 0 Å². The minimum absolute atomic E-state index is 0.187. The Morgan fingerprint density at radius 1 is 1.05 bits per heavy atom. The summed E-state index contributed by atoms with van der Waals surface area (Å²) in [6.07, 6.45) is -3.37. The summed E-state index contributed by atoms with van der Waals surface area (Å²) in [6, 6.07) is 0. The van der Waals surface area contributed by atoms with Crippen molar-refractivity contribution in [1.29, 1.82) is 0 Å². The monoisotopic (exact) mass is 295 g/mol. The third-order valence-corrected chi connectivity index (χ3v) is 2.85. The van der Waals surface area contributed by atoms with Gasteiger partial charge >= 0.3 is 0 Å². The second-order valence-corrected chi connectivity index (χ2v) is 4.49. The fourth-order valence-electron chi connectivity index (χ4n) is 1.80. The highest BCUT2D eigenvalue weighted by molar-refractivity contribution is 4.80. The lowest BCUT2D eigenvalue weighted by atomic mass is 10.0.